The largest absolute Gasteiger partial charge is 0.380 e. The molecule has 0 bridgehead atoms. The minimum absolute atomic E-state index is 0.449. The van der Waals surface area contributed by atoms with E-state index < -0.39 is 0 Å². The Morgan fingerprint density at radius 1 is 1.39 bits per heavy atom. The van der Waals surface area contributed by atoms with E-state index in [9.17, 15) is 0 Å². The monoisotopic (exact) mass is 243 g/mol. The third-order valence-corrected chi connectivity index (χ3v) is 3.13. The molecule has 4 heteroatoms. The molecular weight excluding hydrogens is 226 g/mol. The lowest BCUT2D eigenvalue weighted by molar-refractivity contribution is 0.195. The molecule has 1 aliphatic heterocycles. The highest BCUT2D eigenvalue weighted by molar-refractivity contribution is 5.46. The molecule has 1 aromatic carbocycles. The number of nitrogens with one attached hydrogen (secondary N) is 1. The van der Waals surface area contributed by atoms with Crippen LogP contribution < -0.4 is 5.32 Å². The van der Waals surface area contributed by atoms with Crippen LogP contribution in [-0.4, -0.2) is 29.0 Å². The van der Waals surface area contributed by atoms with Gasteiger partial charge in [-0.05, 0) is 30.2 Å². The minimum atomic E-state index is 0.449. The summed E-state index contributed by atoms with van der Waals surface area (Å²) in [6.45, 7) is 2.48. The molecule has 1 aliphatic rings. The van der Waals surface area contributed by atoms with Crippen LogP contribution in [0.15, 0.2) is 42.7 Å². The van der Waals surface area contributed by atoms with Crippen molar-refractivity contribution in [3.63, 3.8) is 0 Å². The van der Waals surface area contributed by atoms with Crippen molar-refractivity contribution in [1.29, 1.82) is 0 Å². The van der Waals surface area contributed by atoms with Crippen molar-refractivity contribution in [2.45, 2.75) is 19.0 Å². The molecule has 94 valence electrons. The van der Waals surface area contributed by atoms with Crippen molar-refractivity contribution < 1.29 is 4.74 Å². The van der Waals surface area contributed by atoms with Gasteiger partial charge >= 0.3 is 0 Å². The number of hydrogen-bond donors (Lipinski definition) is 1. The first kappa shape index (κ1) is 11.3. The Morgan fingerprint density at radius 2 is 2.39 bits per heavy atom. The maximum atomic E-state index is 5.37. The van der Waals surface area contributed by atoms with Gasteiger partial charge in [0.25, 0.3) is 0 Å². The van der Waals surface area contributed by atoms with Crippen LogP contribution in [-0.2, 0) is 11.3 Å². The molecule has 3 rings (SSSR count). The number of nitrogens with zero attached hydrogens (tertiary/aromatic N) is 2. The summed E-state index contributed by atoms with van der Waals surface area (Å²) in [5.74, 6) is 0. The molecular formula is C14H17N3O. The van der Waals surface area contributed by atoms with Crippen molar-refractivity contribution in [3.8, 4) is 0 Å². The van der Waals surface area contributed by atoms with Crippen LogP contribution in [0.1, 0.15) is 12.0 Å². The highest BCUT2D eigenvalue weighted by Crippen LogP contribution is 2.16. The molecule has 18 heavy (non-hydrogen) atoms. The van der Waals surface area contributed by atoms with Crippen LogP contribution >= 0.6 is 0 Å². The lowest BCUT2D eigenvalue weighted by atomic mass is 10.1. The molecule has 2 aromatic rings. The van der Waals surface area contributed by atoms with Crippen molar-refractivity contribution in [2.75, 3.05) is 18.5 Å². The molecule has 0 radical (unpaired) electrons. The first-order valence-corrected chi connectivity index (χ1v) is 6.31. The van der Waals surface area contributed by atoms with Crippen LogP contribution in [0.2, 0.25) is 0 Å². The predicted octanol–water partition coefficient (Wildman–Crippen LogP) is 2.13. The highest BCUT2D eigenvalue weighted by atomic mass is 16.5. The quantitative estimate of drug-likeness (QED) is 0.894. The topological polar surface area (TPSA) is 39.1 Å². The minimum Gasteiger partial charge on any atom is -0.380 e. The zero-order chi connectivity index (χ0) is 12.2. The van der Waals surface area contributed by atoms with Gasteiger partial charge < -0.3 is 10.1 Å². The Morgan fingerprint density at radius 3 is 3.17 bits per heavy atom. The van der Waals surface area contributed by atoms with E-state index in [1.807, 2.05) is 16.9 Å². The summed E-state index contributed by atoms with van der Waals surface area (Å²) in [6.07, 6.45) is 4.87. The lowest BCUT2D eigenvalue weighted by Gasteiger charge is -2.13. The van der Waals surface area contributed by atoms with Gasteiger partial charge in [-0.1, -0.05) is 12.1 Å². The van der Waals surface area contributed by atoms with Crippen LogP contribution in [0.3, 0.4) is 0 Å². The number of ether oxygens (including phenoxy) is 1. The predicted molar refractivity (Wildman–Crippen MR) is 70.6 cm³/mol. The van der Waals surface area contributed by atoms with Gasteiger partial charge in [-0.2, -0.15) is 5.10 Å². The molecule has 1 atom stereocenters. The first-order chi connectivity index (χ1) is 8.90. The second kappa shape index (κ2) is 5.23. The van der Waals surface area contributed by atoms with Gasteiger partial charge in [0.1, 0.15) is 0 Å². The van der Waals surface area contributed by atoms with E-state index in [2.05, 4.69) is 34.7 Å². The van der Waals surface area contributed by atoms with Gasteiger partial charge in [-0.15, -0.1) is 0 Å². The van der Waals surface area contributed by atoms with Crippen LogP contribution in [0.4, 0.5) is 5.69 Å². The van der Waals surface area contributed by atoms with E-state index in [4.69, 9.17) is 4.74 Å². The van der Waals surface area contributed by atoms with E-state index in [1.165, 1.54) is 5.56 Å². The summed E-state index contributed by atoms with van der Waals surface area (Å²) in [7, 11) is 0. The van der Waals surface area contributed by atoms with Gasteiger partial charge in [-0.3, -0.25) is 4.68 Å². The van der Waals surface area contributed by atoms with E-state index in [-0.39, 0.29) is 0 Å². The number of anilines is 1. The smallest absolute Gasteiger partial charge is 0.0668 e. The summed E-state index contributed by atoms with van der Waals surface area (Å²) in [4.78, 5) is 0. The third-order valence-electron chi connectivity index (χ3n) is 3.13. The molecule has 1 aromatic heterocycles. The van der Waals surface area contributed by atoms with E-state index >= 15 is 0 Å². The molecule has 2 heterocycles. The number of rotatable bonds is 4. The summed E-state index contributed by atoms with van der Waals surface area (Å²) < 4.78 is 7.30. The SMILES string of the molecule is c1cc(Cn2cccn2)cc(NC2CCOC2)c1. The molecule has 1 saturated heterocycles. The summed E-state index contributed by atoms with van der Waals surface area (Å²) >= 11 is 0. The van der Waals surface area contributed by atoms with Crippen molar-refractivity contribution in [3.05, 3.63) is 48.3 Å². The van der Waals surface area contributed by atoms with Gasteiger partial charge in [0.2, 0.25) is 0 Å². The maximum Gasteiger partial charge on any atom is 0.0668 e. The number of hydrogen-bond acceptors (Lipinski definition) is 3. The maximum absolute atomic E-state index is 5.37. The fourth-order valence-electron chi connectivity index (χ4n) is 2.22. The Labute approximate surface area is 107 Å². The molecule has 4 nitrogen and oxygen atoms in total. The Balaban J connectivity index is 1.68. The van der Waals surface area contributed by atoms with Crippen molar-refractivity contribution in [1.82, 2.24) is 9.78 Å². The van der Waals surface area contributed by atoms with Gasteiger partial charge in [0.05, 0.1) is 19.2 Å². The van der Waals surface area contributed by atoms with Gasteiger partial charge in [-0.25, -0.2) is 0 Å². The fraction of sp³-hybridized carbons (Fsp3) is 0.357. The van der Waals surface area contributed by atoms with E-state index in [0.29, 0.717) is 6.04 Å². The standard InChI is InChI=1S/C14H17N3O/c1-3-12(10-17-7-2-6-15-17)9-13(4-1)16-14-5-8-18-11-14/h1-4,6-7,9,14,16H,5,8,10-11H2. The molecule has 0 saturated carbocycles. The number of benzene rings is 1. The summed E-state index contributed by atoms with van der Waals surface area (Å²) in [6, 6.07) is 10.9. The van der Waals surface area contributed by atoms with E-state index in [0.717, 1.165) is 31.9 Å². The van der Waals surface area contributed by atoms with E-state index in [1.54, 1.807) is 6.20 Å². The van der Waals surface area contributed by atoms with Gasteiger partial charge in [0, 0.05) is 24.7 Å². The summed E-state index contributed by atoms with van der Waals surface area (Å²) in [5, 5.41) is 7.73. The highest BCUT2D eigenvalue weighted by Gasteiger charge is 2.14. The zero-order valence-electron chi connectivity index (χ0n) is 10.2. The first-order valence-electron chi connectivity index (χ1n) is 6.31. The molecule has 0 aliphatic carbocycles. The molecule has 1 N–H and O–H groups in total. The molecule has 0 amide bonds. The zero-order valence-corrected chi connectivity index (χ0v) is 10.2. The molecule has 1 fully saturated rings. The van der Waals surface area contributed by atoms with Crippen LogP contribution in [0.25, 0.3) is 0 Å². The van der Waals surface area contributed by atoms with Crippen molar-refractivity contribution in [2.24, 2.45) is 0 Å². The Hall–Kier alpha value is -1.81. The fourth-order valence-corrected chi connectivity index (χ4v) is 2.22. The Bertz CT molecular complexity index is 490. The normalized spacial score (nSPS) is 19.0. The van der Waals surface area contributed by atoms with Gasteiger partial charge in [0.15, 0.2) is 0 Å². The average molecular weight is 243 g/mol. The van der Waals surface area contributed by atoms with Crippen LogP contribution in [0.5, 0.6) is 0 Å². The third kappa shape index (κ3) is 2.71. The molecule has 1 unspecified atom stereocenters. The number of aromatic nitrogens is 2. The van der Waals surface area contributed by atoms with Crippen LogP contribution in [0, 0.1) is 0 Å². The summed E-state index contributed by atoms with van der Waals surface area (Å²) in [5.41, 5.74) is 2.41. The lowest BCUT2D eigenvalue weighted by Crippen LogP contribution is -2.18. The second-order valence-electron chi connectivity index (χ2n) is 4.61. The Kier molecular flexibility index (Phi) is 3.28. The molecule has 0 spiro atoms. The van der Waals surface area contributed by atoms with Crippen molar-refractivity contribution >= 4 is 5.69 Å². The second-order valence-corrected chi connectivity index (χ2v) is 4.61. The average Bonchev–Trinajstić information content (AvgIpc) is 3.03.